The Bertz CT molecular complexity index is 1160. The Morgan fingerprint density at radius 2 is 1.74 bits per heavy atom. The van der Waals surface area contributed by atoms with Gasteiger partial charge in [-0.1, -0.05) is 41.9 Å². The molecule has 0 atom stereocenters. The molecule has 1 N–H and O–H groups in total. The highest BCUT2D eigenvalue weighted by Crippen LogP contribution is 2.24. The topological polar surface area (TPSA) is 75.7 Å². The van der Waals surface area contributed by atoms with Gasteiger partial charge in [0, 0.05) is 5.69 Å². The number of halogens is 2. The normalized spacial score (nSPS) is 11.1. The molecule has 0 aliphatic heterocycles. The van der Waals surface area contributed by atoms with Gasteiger partial charge in [-0.3, -0.25) is 9.10 Å². The van der Waals surface area contributed by atoms with Gasteiger partial charge < -0.3 is 10.1 Å². The zero-order chi connectivity index (χ0) is 22.4. The van der Waals surface area contributed by atoms with Gasteiger partial charge in [-0.05, 0) is 48.0 Å². The molecule has 0 unspecified atom stereocenters. The minimum absolute atomic E-state index is 0.0970. The van der Waals surface area contributed by atoms with Crippen LogP contribution in [0.4, 0.5) is 15.8 Å². The molecule has 0 saturated carbocycles. The molecule has 1 amide bonds. The summed E-state index contributed by atoms with van der Waals surface area (Å²) in [7, 11) is -3.51. The summed E-state index contributed by atoms with van der Waals surface area (Å²) in [6.45, 7) is -0.0866. The van der Waals surface area contributed by atoms with Gasteiger partial charge in [0.15, 0.2) is 6.61 Å². The Hall–Kier alpha value is -3.10. The fraction of sp³-hybridized carbons (Fsp3) is 0.136. The number of ether oxygens (including phenoxy) is 1. The van der Waals surface area contributed by atoms with E-state index in [1.54, 1.807) is 24.3 Å². The third kappa shape index (κ3) is 6.44. The number of benzene rings is 3. The Morgan fingerprint density at radius 1 is 1.06 bits per heavy atom. The highest BCUT2D eigenvalue weighted by atomic mass is 35.5. The zero-order valence-corrected chi connectivity index (χ0v) is 18.2. The SMILES string of the molecule is CS(=O)(=O)N(Cc1ccccc1)c1ccc(OCC(=O)Nc2ccc(F)c(Cl)c2)cc1. The van der Waals surface area contributed by atoms with Crippen LogP contribution in [0.1, 0.15) is 5.56 Å². The summed E-state index contributed by atoms with van der Waals surface area (Å²) in [6, 6.07) is 19.5. The summed E-state index contributed by atoms with van der Waals surface area (Å²) in [5.41, 5.74) is 1.68. The Balaban J connectivity index is 1.63. The van der Waals surface area contributed by atoms with Crippen LogP contribution in [0.3, 0.4) is 0 Å². The summed E-state index contributed by atoms with van der Waals surface area (Å²) < 4.78 is 44.4. The van der Waals surface area contributed by atoms with Crippen molar-refractivity contribution >= 4 is 38.9 Å². The summed E-state index contributed by atoms with van der Waals surface area (Å²) >= 11 is 5.69. The average molecular weight is 463 g/mol. The fourth-order valence-corrected chi connectivity index (χ4v) is 3.85. The van der Waals surface area contributed by atoms with Gasteiger partial charge in [0.25, 0.3) is 5.91 Å². The number of amides is 1. The van der Waals surface area contributed by atoms with E-state index in [2.05, 4.69) is 5.32 Å². The van der Waals surface area contributed by atoms with E-state index in [1.807, 2.05) is 30.3 Å². The Morgan fingerprint density at radius 3 is 2.35 bits per heavy atom. The number of sulfonamides is 1. The van der Waals surface area contributed by atoms with E-state index in [-0.39, 0.29) is 18.2 Å². The van der Waals surface area contributed by atoms with E-state index in [0.29, 0.717) is 17.1 Å². The first-order valence-corrected chi connectivity index (χ1v) is 11.4. The van der Waals surface area contributed by atoms with Gasteiger partial charge in [0.05, 0.1) is 23.5 Å². The van der Waals surface area contributed by atoms with Gasteiger partial charge >= 0.3 is 0 Å². The molecule has 0 radical (unpaired) electrons. The predicted molar refractivity (Wildman–Crippen MR) is 119 cm³/mol. The van der Waals surface area contributed by atoms with Crippen molar-refractivity contribution in [1.82, 2.24) is 0 Å². The molecule has 0 aliphatic carbocycles. The van der Waals surface area contributed by atoms with Crippen LogP contribution in [0.15, 0.2) is 72.8 Å². The lowest BCUT2D eigenvalue weighted by molar-refractivity contribution is -0.118. The largest absolute Gasteiger partial charge is 0.484 e. The van der Waals surface area contributed by atoms with Crippen LogP contribution in [-0.2, 0) is 21.4 Å². The zero-order valence-electron chi connectivity index (χ0n) is 16.6. The van der Waals surface area contributed by atoms with Gasteiger partial charge in [-0.2, -0.15) is 0 Å². The van der Waals surface area contributed by atoms with Crippen molar-refractivity contribution in [3.8, 4) is 5.75 Å². The average Bonchev–Trinajstić information content (AvgIpc) is 2.74. The van der Waals surface area contributed by atoms with Crippen molar-refractivity contribution < 1.29 is 22.3 Å². The number of nitrogens with one attached hydrogen (secondary N) is 1. The molecule has 0 heterocycles. The summed E-state index contributed by atoms with van der Waals surface area (Å²) in [5, 5.41) is 2.46. The third-order valence-corrected chi connectivity index (χ3v) is 5.70. The van der Waals surface area contributed by atoms with E-state index in [1.165, 1.54) is 16.4 Å². The molecule has 0 saturated heterocycles. The van der Waals surface area contributed by atoms with Crippen LogP contribution < -0.4 is 14.4 Å². The standard InChI is InChI=1S/C22H20ClFN2O4S/c1-31(28,29)26(14-16-5-3-2-4-6-16)18-8-10-19(11-9-18)30-15-22(27)25-17-7-12-21(24)20(23)13-17/h2-13H,14-15H2,1H3,(H,25,27). The Labute approximate surface area is 185 Å². The number of rotatable bonds is 8. The van der Waals surface area contributed by atoms with Crippen molar-refractivity contribution in [2.75, 3.05) is 22.5 Å². The van der Waals surface area contributed by atoms with Crippen LogP contribution in [-0.4, -0.2) is 27.2 Å². The maximum Gasteiger partial charge on any atom is 0.262 e. The van der Waals surface area contributed by atoms with Crippen LogP contribution in [0, 0.1) is 5.82 Å². The number of carbonyl (C=O) groups is 1. The second-order valence-electron chi connectivity index (χ2n) is 6.71. The van der Waals surface area contributed by atoms with E-state index in [0.717, 1.165) is 17.9 Å². The lowest BCUT2D eigenvalue weighted by Gasteiger charge is -2.22. The lowest BCUT2D eigenvalue weighted by atomic mass is 10.2. The number of anilines is 2. The molecule has 3 aromatic rings. The van der Waals surface area contributed by atoms with Crippen LogP contribution in [0.2, 0.25) is 5.02 Å². The Kier molecular flexibility index (Phi) is 7.14. The molecule has 31 heavy (non-hydrogen) atoms. The molecular weight excluding hydrogens is 443 g/mol. The number of hydrogen-bond acceptors (Lipinski definition) is 4. The highest BCUT2D eigenvalue weighted by Gasteiger charge is 2.18. The predicted octanol–water partition coefficient (Wildman–Crippen LogP) is 4.46. The summed E-state index contributed by atoms with van der Waals surface area (Å²) in [4.78, 5) is 12.0. The minimum Gasteiger partial charge on any atom is -0.484 e. The molecule has 162 valence electrons. The number of carbonyl (C=O) groups excluding carboxylic acids is 1. The second-order valence-corrected chi connectivity index (χ2v) is 9.03. The number of hydrogen-bond donors (Lipinski definition) is 1. The van der Waals surface area contributed by atoms with Crippen molar-refractivity contribution in [2.45, 2.75) is 6.54 Å². The molecule has 9 heteroatoms. The number of nitrogens with zero attached hydrogens (tertiary/aromatic N) is 1. The molecule has 0 aromatic heterocycles. The minimum atomic E-state index is -3.51. The fourth-order valence-electron chi connectivity index (χ4n) is 2.78. The van der Waals surface area contributed by atoms with E-state index in [9.17, 15) is 17.6 Å². The maximum absolute atomic E-state index is 13.2. The van der Waals surface area contributed by atoms with E-state index >= 15 is 0 Å². The first-order valence-electron chi connectivity index (χ1n) is 9.22. The van der Waals surface area contributed by atoms with Crippen molar-refractivity contribution in [2.24, 2.45) is 0 Å². The summed E-state index contributed by atoms with van der Waals surface area (Å²) in [6.07, 6.45) is 1.15. The van der Waals surface area contributed by atoms with Crippen molar-refractivity contribution in [3.05, 3.63) is 89.2 Å². The molecule has 0 aliphatic rings. The monoisotopic (exact) mass is 462 g/mol. The van der Waals surface area contributed by atoms with Crippen LogP contribution in [0.5, 0.6) is 5.75 Å². The second kappa shape index (κ2) is 9.80. The lowest BCUT2D eigenvalue weighted by Crippen LogP contribution is -2.29. The molecular formula is C22H20ClFN2O4S. The summed E-state index contributed by atoms with van der Waals surface area (Å²) in [5.74, 6) is -0.635. The molecule has 3 rings (SSSR count). The van der Waals surface area contributed by atoms with Gasteiger partial charge in [-0.25, -0.2) is 12.8 Å². The van der Waals surface area contributed by atoms with Crippen LogP contribution >= 0.6 is 11.6 Å². The molecule has 0 spiro atoms. The van der Waals surface area contributed by atoms with Gasteiger partial charge in [0.1, 0.15) is 11.6 Å². The highest BCUT2D eigenvalue weighted by molar-refractivity contribution is 7.92. The first-order chi connectivity index (χ1) is 14.7. The van der Waals surface area contributed by atoms with Gasteiger partial charge in [0.2, 0.25) is 10.0 Å². The first kappa shape index (κ1) is 22.6. The van der Waals surface area contributed by atoms with E-state index in [4.69, 9.17) is 16.3 Å². The van der Waals surface area contributed by atoms with E-state index < -0.39 is 21.7 Å². The molecule has 0 fully saturated rings. The maximum atomic E-state index is 13.2. The third-order valence-electron chi connectivity index (χ3n) is 4.27. The molecule has 3 aromatic carbocycles. The van der Waals surface area contributed by atoms with Crippen molar-refractivity contribution in [3.63, 3.8) is 0 Å². The smallest absolute Gasteiger partial charge is 0.262 e. The van der Waals surface area contributed by atoms with Gasteiger partial charge in [-0.15, -0.1) is 0 Å². The quantitative estimate of drug-likeness (QED) is 0.536. The van der Waals surface area contributed by atoms with Crippen molar-refractivity contribution in [1.29, 1.82) is 0 Å². The van der Waals surface area contributed by atoms with Crippen LogP contribution in [0.25, 0.3) is 0 Å². The molecule has 6 nitrogen and oxygen atoms in total. The molecule has 0 bridgehead atoms.